The SMILES string of the molecule is CC(C)(C)CC(CO)NC1CC(OCc2ccccc2)C1. The Hall–Kier alpha value is -0.900. The van der Waals surface area contributed by atoms with Crippen LogP contribution < -0.4 is 5.32 Å². The van der Waals surface area contributed by atoms with Crippen LogP contribution in [0.1, 0.15) is 45.6 Å². The van der Waals surface area contributed by atoms with Gasteiger partial charge in [-0.25, -0.2) is 0 Å². The summed E-state index contributed by atoms with van der Waals surface area (Å²) in [5.74, 6) is 0. The van der Waals surface area contributed by atoms with E-state index in [1.54, 1.807) is 0 Å². The van der Waals surface area contributed by atoms with Crippen LogP contribution in [-0.4, -0.2) is 29.9 Å². The van der Waals surface area contributed by atoms with E-state index in [2.05, 4.69) is 38.2 Å². The quantitative estimate of drug-likeness (QED) is 0.811. The van der Waals surface area contributed by atoms with Crippen molar-refractivity contribution in [2.24, 2.45) is 5.41 Å². The van der Waals surface area contributed by atoms with Crippen molar-refractivity contribution >= 4 is 0 Å². The molecule has 0 spiro atoms. The normalized spacial score (nSPS) is 23.6. The molecule has 0 amide bonds. The molecule has 1 atom stereocenters. The molecule has 0 heterocycles. The Kier molecular flexibility index (Phi) is 5.80. The molecule has 0 bridgehead atoms. The molecule has 0 radical (unpaired) electrons. The van der Waals surface area contributed by atoms with Gasteiger partial charge in [0.05, 0.1) is 19.3 Å². The van der Waals surface area contributed by atoms with E-state index in [4.69, 9.17) is 4.74 Å². The highest BCUT2D eigenvalue weighted by atomic mass is 16.5. The van der Waals surface area contributed by atoms with Crippen molar-refractivity contribution < 1.29 is 9.84 Å². The monoisotopic (exact) mass is 291 g/mol. The summed E-state index contributed by atoms with van der Waals surface area (Å²) in [6.45, 7) is 7.55. The van der Waals surface area contributed by atoms with Crippen LogP contribution in [0.2, 0.25) is 0 Å². The Morgan fingerprint density at radius 1 is 1.24 bits per heavy atom. The average Bonchev–Trinajstić information content (AvgIpc) is 2.39. The smallest absolute Gasteiger partial charge is 0.0720 e. The van der Waals surface area contributed by atoms with Gasteiger partial charge in [0.15, 0.2) is 0 Å². The maximum absolute atomic E-state index is 9.48. The van der Waals surface area contributed by atoms with Gasteiger partial charge >= 0.3 is 0 Å². The predicted octanol–water partition coefficient (Wildman–Crippen LogP) is 3.12. The van der Waals surface area contributed by atoms with E-state index in [0.717, 1.165) is 19.3 Å². The van der Waals surface area contributed by atoms with E-state index in [-0.39, 0.29) is 18.1 Å². The molecule has 1 aromatic rings. The van der Waals surface area contributed by atoms with E-state index >= 15 is 0 Å². The number of aliphatic hydroxyl groups excluding tert-OH is 1. The average molecular weight is 291 g/mol. The van der Waals surface area contributed by atoms with Gasteiger partial charge in [0, 0.05) is 12.1 Å². The summed E-state index contributed by atoms with van der Waals surface area (Å²) in [6.07, 6.45) is 3.45. The molecule has 1 saturated carbocycles. The van der Waals surface area contributed by atoms with E-state index in [1.807, 2.05) is 18.2 Å². The number of aliphatic hydroxyl groups is 1. The largest absolute Gasteiger partial charge is 0.395 e. The third-order valence-corrected chi connectivity index (χ3v) is 3.97. The fraction of sp³-hybridized carbons (Fsp3) is 0.667. The summed E-state index contributed by atoms with van der Waals surface area (Å²) in [7, 11) is 0. The maximum Gasteiger partial charge on any atom is 0.0720 e. The highest BCUT2D eigenvalue weighted by Crippen LogP contribution is 2.27. The Bertz CT molecular complexity index is 407. The lowest BCUT2D eigenvalue weighted by molar-refractivity contribution is -0.0311. The van der Waals surface area contributed by atoms with Crippen molar-refractivity contribution in [1.29, 1.82) is 0 Å². The summed E-state index contributed by atoms with van der Waals surface area (Å²) < 4.78 is 5.91. The molecule has 3 heteroatoms. The minimum Gasteiger partial charge on any atom is -0.395 e. The molecule has 1 unspecified atom stereocenters. The molecule has 0 aliphatic heterocycles. The second kappa shape index (κ2) is 7.39. The topological polar surface area (TPSA) is 41.5 Å². The van der Waals surface area contributed by atoms with Crippen molar-refractivity contribution in [2.45, 2.75) is 64.8 Å². The molecule has 2 N–H and O–H groups in total. The highest BCUT2D eigenvalue weighted by Gasteiger charge is 2.32. The first-order chi connectivity index (χ1) is 9.96. The number of nitrogens with one attached hydrogen (secondary N) is 1. The van der Waals surface area contributed by atoms with Crippen molar-refractivity contribution in [3.63, 3.8) is 0 Å². The van der Waals surface area contributed by atoms with Crippen LogP contribution in [0.5, 0.6) is 0 Å². The van der Waals surface area contributed by atoms with Gasteiger partial charge in [-0.2, -0.15) is 0 Å². The summed E-state index contributed by atoms with van der Waals surface area (Å²) in [4.78, 5) is 0. The van der Waals surface area contributed by atoms with Crippen LogP contribution in [0.3, 0.4) is 0 Å². The van der Waals surface area contributed by atoms with Crippen molar-refractivity contribution in [3.8, 4) is 0 Å². The van der Waals surface area contributed by atoms with Crippen LogP contribution in [0.15, 0.2) is 30.3 Å². The molecular formula is C18H29NO2. The third-order valence-electron chi connectivity index (χ3n) is 3.97. The number of rotatable bonds is 7. The fourth-order valence-corrected chi connectivity index (χ4v) is 2.87. The Balaban J connectivity index is 1.64. The predicted molar refractivity (Wildman–Crippen MR) is 86.1 cm³/mol. The lowest BCUT2D eigenvalue weighted by atomic mass is 9.85. The minimum absolute atomic E-state index is 0.199. The lowest BCUT2D eigenvalue weighted by Gasteiger charge is -2.39. The molecule has 2 rings (SSSR count). The first kappa shape index (κ1) is 16.5. The Morgan fingerprint density at radius 3 is 2.48 bits per heavy atom. The van der Waals surface area contributed by atoms with Gasteiger partial charge in [-0.15, -0.1) is 0 Å². The minimum atomic E-state index is 0.199. The van der Waals surface area contributed by atoms with E-state index < -0.39 is 0 Å². The van der Waals surface area contributed by atoms with Crippen LogP contribution in [0.4, 0.5) is 0 Å². The molecule has 1 fully saturated rings. The fourth-order valence-electron chi connectivity index (χ4n) is 2.87. The molecule has 1 aliphatic carbocycles. The zero-order valence-electron chi connectivity index (χ0n) is 13.5. The molecular weight excluding hydrogens is 262 g/mol. The second-order valence-corrected chi connectivity index (χ2v) is 7.40. The molecule has 0 aromatic heterocycles. The van der Waals surface area contributed by atoms with Gasteiger partial charge in [-0.3, -0.25) is 0 Å². The third kappa shape index (κ3) is 5.77. The van der Waals surface area contributed by atoms with Crippen molar-refractivity contribution in [2.75, 3.05) is 6.61 Å². The summed E-state index contributed by atoms with van der Waals surface area (Å²) in [5.41, 5.74) is 1.47. The lowest BCUT2D eigenvalue weighted by Crippen LogP contribution is -2.51. The van der Waals surface area contributed by atoms with Crippen LogP contribution in [0.25, 0.3) is 0 Å². The second-order valence-electron chi connectivity index (χ2n) is 7.40. The molecule has 0 saturated heterocycles. The number of benzene rings is 1. The van der Waals surface area contributed by atoms with Crippen LogP contribution in [-0.2, 0) is 11.3 Å². The highest BCUT2D eigenvalue weighted by molar-refractivity contribution is 5.13. The molecule has 1 aromatic carbocycles. The number of ether oxygens (including phenoxy) is 1. The first-order valence-corrected chi connectivity index (χ1v) is 7.99. The van der Waals surface area contributed by atoms with Gasteiger partial charge in [0.2, 0.25) is 0 Å². The number of hydrogen-bond donors (Lipinski definition) is 2. The molecule has 1 aliphatic rings. The van der Waals surface area contributed by atoms with Gasteiger partial charge in [-0.1, -0.05) is 51.1 Å². The Morgan fingerprint density at radius 2 is 1.90 bits per heavy atom. The standard InChI is InChI=1S/C18H29NO2/c1-18(2,3)11-16(12-20)19-15-9-17(10-15)21-13-14-7-5-4-6-8-14/h4-8,15-17,19-20H,9-13H2,1-3H3. The molecule has 3 nitrogen and oxygen atoms in total. The molecule has 21 heavy (non-hydrogen) atoms. The van der Waals surface area contributed by atoms with E-state index in [0.29, 0.717) is 18.8 Å². The first-order valence-electron chi connectivity index (χ1n) is 7.99. The van der Waals surface area contributed by atoms with Gasteiger partial charge in [0.25, 0.3) is 0 Å². The van der Waals surface area contributed by atoms with Gasteiger partial charge in [0.1, 0.15) is 0 Å². The summed E-state index contributed by atoms with van der Waals surface area (Å²) >= 11 is 0. The van der Waals surface area contributed by atoms with Crippen LogP contribution in [0, 0.1) is 5.41 Å². The number of hydrogen-bond acceptors (Lipinski definition) is 3. The Labute approximate surface area is 128 Å². The van der Waals surface area contributed by atoms with Crippen molar-refractivity contribution in [3.05, 3.63) is 35.9 Å². The molecule has 118 valence electrons. The van der Waals surface area contributed by atoms with E-state index in [1.165, 1.54) is 5.56 Å². The van der Waals surface area contributed by atoms with Gasteiger partial charge in [-0.05, 0) is 30.2 Å². The zero-order valence-corrected chi connectivity index (χ0v) is 13.5. The van der Waals surface area contributed by atoms with Gasteiger partial charge < -0.3 is 15.2 Å². The zero-order chi connectivity index (χ0) is 15.3. The van der Waals surface area contributed by atoms with Crippen LogP contribution >= 0.6 is 0 Å². The summed E-state index contributed by atoms with van der Waals surface area (Å²) in [5, 5.41) is 13.0. The summed E-state index contributed by atoms with van der Waals surface area (Å²) in [6, 6.07) is 11.0. The maximum atomic E-state index is 9.48. The van der Waals surface area contributed by atoms with Crippen molar-refractivity contribution in [1.82, 2.24) is 5.32 Å². The van der Waals surface area contributed by atoms with E-state index in [9.17, 15) is 5.11 Å².